The number of nitrogens with one attached hydrogen (secondary N) is 1. The monoisotopic (exact) mass is 320 g/mol. The molecule has 2 aromatic heterocycles. The fourth-order valence-corrected chi connectivity index (χ4v) is 2.58. The van der Waals surface area contributed by atoms with Crippen molar-refractivity contribution in [2.24, 2.45) is 5.10 Å². The van der Waals surface area contributed by atoms with Crippen LogP contribution >= 0.6 is 0 Å². The summed E-state index contributed by atoms with van der Waals surface area (Å²) in [6.07, 6.45) is 2.93. The average Bonchev–Trinajstić information content (AvgIpc) is 2.95. The maximum absolute atomic E-state index is 13.4. The smallest absolute Gasteiger partial charge is 0.298 e. The Hall–Kier alpha value is -3.28. The normalized spacial score (nSPS) is 11.8. The van der Waals surface area contributed by atoms with Crippen LogP contribution in [0.1, 0.15) is 11.1 Å². The molecule has 4 aromatic rings. The standard InChI is InChI=1S/C18H13FN4O/c1-11-2-4-12(5-3-11)9-21-23-10-20-16-14-8-13(19)6-7-15(14)22-17(16)18(23)24/h2-10,22H,1H3/b21-9-. The quantitative estimate of drug-likeness (QED) is 0.576. The van der Waals surface area contributed by atoms with E-state index in [2.05, 4.69) is 15.1 Å². The fourth-order valence-electron chi connectivity index (χ4n) is 2.58. The lowest BCUT2D eigenvalue weighted by Gasteiger charge is -1.98. The van der Waals surface area contributed by atoms with E-state index in [1.54, 1.807) is 12.3 Å². The molecule has 0 amide bonds. The molecular weight excluding hydrogens is 307 g/mol. The summed E-state index contributed by atoms with van der Waals surface area (Å²) in [6.45, 7) is 2.00. The van der Waals surface area contributed by atoms with Gasteiger partial charge >= 0.3 is 0 Å². The molecule has 118 valence electrons. The molecular formula is C18H13FN4O. The Morgan fingerprint density at radius 1 is 1.21 bits per heavy atom. The van der Waals surface area contributed by atoms with Crippen LogP contribution in [0.15, 0.2) is 58.7 Å². The van der Waals surface area contributed by atoms with Crippen LogP contribution in [0.25, 0.3) is 21.9 Å². The minimum atomic E-state index is -0.369. The summed E-state index contributed by atoms with van der Waals surface area (Å²) in [6, 6.07) is 12.1. The van der Waals surface area contributed by atoms with E-state index in [1.807, 2.05) is 31.2 Å². The molecule has 0 unspecified atom stereocenters. The van der Waals surface area contributed by atoms with Crippen molar-refractivity contribution in [2.75, 3.05) is 0 Å². The number of halogens is 1. The zero-order valence-corrected chi connectivity index (χ0v) is 12.8. The first kappa shape index (κ1) is 14.3. The number of hydrogen-bond acceptors (Lipinski definition) is 3. The van der Waals surface area contributed by atoms with E-state index >= 15 is 0 Å². The van der Waals surface area contributed by atoms with Crippen LogP contribution in [-0.2, 0) is 0 Å². The van der Waals surface area contributed by atoms with E-state index in [4.69, 9.17) is 0 Å². The average molecular weight is 320 g/mol. The van der Waals surface area contributed by atoms with Gasteiger partial charge in [-0.2, -0.15) is 9.78 Å². The topological polar surface area (TPSA) is 63.0 Å². The molecule has 0 atom stereocenters. The van der Waals surface area contributed by atoms with E-state index < -0.39 is 0 Å². The summed E-state index contributed by atoms with van der Waals surface area (Å²) in [5, 5.41) is 4.75. The van der Waals surface area contributed by atoms with Crippen LogP contribution in [0.3, 0.4) is 0 Å². The van der Waals surface area contributed by atoms with Gasteiger partial charge in [0.05, 0.1) is 6.21 Å². The Kier molecular flexibility index (Phi) is 3.23. The molecule has 24 heavy (non-hydrogen) atoms. The van der Waals surface area contributed by atoms with Crippen LogP contribution < -0.4 is 5.56 Å². The second-order valence-corrected chi connectivity index (χ2v) is 5.59. The van der Waals surface area contributed by atoms with Crippen LogP contribution in [0.4, 0.5) is 4.39 Å². The Bertz CT molecular complexity index is 1140. The first-order valence-electron chi connectivity index (χ1n) is 7.41. The number of rotatable bonds is 2. The minimum absolute atomic E-state index is 0.305. The van der Waals surface area contributed by atoms with Crippen LogP contribution in [0.2, 0.25) is 0 Å². The summed E-state index contributed by atoms with van der Waals surface area (Å²) in [4.78, 5) is 19.8. The van der Waals surface area contributed by atoms with E-state index in [9.17, 15) is 9.18 Å². The van der Waals surface area contributed by atoms with Gasteiger partial charge in [0.1, 0.15) is 23.2 Å². The van der Waals surface area contributed by atoms with Gasteiger partial charge in [-0.25, -0.2) is 9.37 Å². The van der Waals surface area contributed by atoms with Crippen molar-refractivity contribution in [3.05, 3.63) is 76.1 Å². The highest BCUT2D eigenvalue weighted by Crippen LogP contribution is 2.21. The molecule has 0 aliphatic carbocycles. The summed E-state index contributed by atoms with van der Waals surface area (Å²) in [5.74, 6) is -0.369. The lowest BCUT2D eigenvalue weighted by Crippen LogP contribution is -2.17. The third-order valence-electron chi connectivity index (χ3n) is 3.86. The van der Waals surface area contributed by atoms with Crippen molar-refractivity contribution in [2.45, 2.75) is 6.92 Å². The molecule has 4 rings (SSSR count). The first-order valence-corrected chi connectivity index (χ1v) is 7.41. The number of aryl methyl sites for hydroxylation is 1. The van der Waals surface area contributed by atoms with Crippen LogP contribution in [0, 0.1) is 12.7 Å². The largest absolute Gasteiger partial charge is 0.349 e. The zero-order chi connectivity index (χ0) is 16.7. The van der Waals surface area contributed by atoms with Gasteiger partial charge < -0.3 is 4.98 Å². The van der Waals surface area contributed by atoms with E-state index in [-0.39, 0.29) is 11.4 Å². The van der Waals surface area contributed by atoms with Gasteiger partial charge in [-0.1, -0.05) is 29.8 Å². The van der Waals surface area contributed by atoms with Gasteiger partial charge in [-0.05, 0) is 30.7 Å². The minimum Gasteiger partial charge on any atom is -0.349 e. The second-order valence-electron chi connectivity index (χ2n) is 5.59. The third kappa shape index (κ3) is 2.38. The number of nitrogens with zero attached hydrogens (tertiary/aromatic N) is 3. The SMILES string of the molecule is Cc1ccc(/C=N\n2cnc3c([nH]c4ccc(F)cc43)c2=O)cc1. The van der Waals surface area contributed by atoms with Gasteiger partial charge in [-0.3, -0.25) is 4.79 Å². The number of aromatic nitrogens is 3. The molecule has 0 aliphatic heterocycles. The van der Waals surface area contributed by atoms with Gasteiger partial charge in [0.15, 0.2) is 0 Å². The summed E-state index contributed by atoms with van der Waals surface area (Å²) >= 11 is 0. The van der Waals surface area contributed by atoms with Crippen molar-refractivity contribution in [3.8, 4) is 0 Å². The molecule has 0 aliphatic rings. The fraction of sp³-hybridized carbons (Fsp3) is 0.0556. The van der Waals surface area contributed by atoms with Gasteiger partial charge in [0.25, 0.3) is 5.56 Å². The number of H-pyrrole nitrogens is 1. The zero-order valence-electron chi connectivity index (χ0n) is 12.8. The lowest BCUT2D eigenvalue weighted by molar-refractivity contribution is 0.630. The first-order chi connectivity index (χ1) is 11.6. The molecule has 0 radical (unpaired) electrons. The van der Waals surface area contributed by atoms with Crippen molar-refractivity contribution in [1.29, 1.82) is 0 Å². The Labute approximate surface area is 136 Å². The third-order valence-corrected chi connectivity index (χ3v) is 3.86. The summed E-state index contributed by atoms with van der Waals surface area (Å²) in [7, 11) is 0. The molecule has 0 saturated carbocycles. The number of hydrogen-bond donors (Lipinski definition) is 1. The van der Waals surface area contributed by atoms with Gasteiger partial charge in [-0.15, -0.1) is 0 Å². The molecule has 6 heteroatoms. The lowest BCUT2D eigenvalue weighted by atomic mass is 10.2. The van der Waals surface area contributed by atoms with Gasteiger partial charge in [0, 0.05) is 10.9 Å². The maximum Gasteiger partial charge on any atom is 0.298 e. The van der Waals surface area contributed by atoms with Crippen molar-refractivity contribution in [1.82, 2.24) is 14.6 Å². The molecule has 1 N–H and O–H groups in total. The van der Waals surface area contributed by atoms with Crippen LogP contribution in [0.5, 0.6) is 0 Å². The van der Waals surface area contributed by atoms with Crippen molar-refractivity contribution >= 4 is 28.2 Å². The number of fused-ring (bicyclic) bond motifs is 3. The molecule has 0 spiro atoms. The Morgan fingerprint density at radius 3 is 2.79 bits per heavy atom. The molecule has 0 fully saturated rings. The van der Waals surface area contributed by atoms with E-state index in [0.717, 1.165) is 15.8 Å². The van der Waals surface area contributed by atoms with Crippen molar-refractivity contribution in [3.63, 3.8) is 0 Å². The molecule has 5 nitrogen and oxygen atoms in total. The molecule has 2 aromatic carbocycles. The molecule has 0 saturated heterocycles. The second kappa shape index (κ2) is 5.42. The van der Waals surface area contributed by atoms with E-state index in [1.165, 1.54) is 18.5 Å². The maximum atomic E-state index is 13.4. The Balaban J connectivity index is 1.82. The predicted octanol–water partition coefficient (Wildman–Crippen LogP) is 3.21. The van der Waals surface area contributed by atoms with E-state index in [0.29, 0.717) is 21.9 Å². The highest BCUT2D eigenvalue weighted by molar-refractivity contribution is 6.04. The van der Waals surface area contributed by atoms with Crippen molar-refractivity contribution < 1.29 is 4.39 Å². The predicted molar refractivity (Wildman–Crippen MR) is 92.0 cm³/mol. The number of benzene rings is 2. The molecule has 0 bridgehead atoms. The van der Waals surface area contributed by atoms with Gasteiger partial charge in [0.2, 0.25) is 0 Å². The highest BCUT2D eigenvalue weighted by atomic mass is 19.1. The van der Waals surface area contributed by atoms with Crippen LogP contribution in [-0.4, -0.2) is 20.9 Å². The highest BCUT2D eigenvalue weighted by Gasteiger charge is 2.11. The summed E-state index contributed by atoms with van der Waals surface area (Å²) in [5.41, 5.74) is 3.11. The Morgan fingerprint density at radius 2 is 2.00 bits per heavy atom. The number of aromatic amines is 1. The summed E-state index contributed by atoms with van der Waals surface area (Å²) < 4.78 is 14.6. The molecule has 2 heterocycles.